The lowest BCUT2D eigenvalue weighted by atomic mass is 10.1. The molecule has 28 heavy (non-hydrogen) atoms. The number of aryl methyl sites for hydroxylation is 2. The zero-order valence-electron chi connectivity index (χ0n) is 15.9. The van der Waals surface area contributed by atoms with Crippen LogP contribution >= 0.6 is 11.6 Å². The largest absolute Gasteiger partial charge is 0.449 e. The Balaban J connectivity index is 2.19. The van der Waals surface area contributed by atoms with Crippen molar-refractivity contribution in [2.45, 2.75) is 38.7 Å². The Bertz CT molecular complexity index is 1050. The summed E-state index contributed by atoms with van der Waals surface area (Å²) in [5.41, 5.74) is 2.29. The molecular formula is C19H21ClN2O5S. The summed E-state index contributed by atoms with van der Waals surface area (Å²) < 4.78 is 28.6. The molecule has 1 amide bonds. The van der Waals surface area contributed by atoms with Crippen molar-refractivity contribution >= 4 is 39.2 Å². The third kappa shape index (κ3) is 5.09. The van der Waals surface area contributed by atoms with Crippen LogP contribution in [0.3, 0.4) is 0 Å². The number of sulfonamides is 1. The fraction of sp³-hybridized carbons (Fsp3) is 0.263. The maximum atomic E-state index is 12.4. The number of anilines is 1. The summed E-state index contributed by atoms with van der Waals surface area (Å²) in [5.74, 6) is -1.38. The van der Waals surface area contributed by atoms with Gasteiger partial charge in [0.2, 0.25) is 10.0 Å². The first-order valence-corrected chi connectivity index (χ1v) is 10.2. The van der Waals surface area contributed by atoms with E-state index in [4.69, 9.17) is 21.5 Å². The molecule has 1 atom stereocenters. The molecule has 150 valence electrons. The number of halogens is 1. The zero-order chi connectivity index (χ0) is 21.2. The number of nitrogens with two attached hydrogens (primary N) is 1. The third-order valence-electron chi connectivity index (χ3n) is 4.27. The van der Waals surface area contributed by atoms with Gasteiger partial charge in [0, 0.05) is 10.7 Å². The van der Waals surface area contributed by atoms with E-state index in [0.29, 0.717) is 21.8 Å². The molecule has 0 fully saturated rings. The fourth-order valence-electron chi connectivity index (χ4n) is 2.49. The molecule has 0 spiro atoms. The molecule has 0 saturated heterocycles. The van der Waals surface area contributed by atoms with Gasteiger partial charge in [-0.2, -0.15) is 0 Å². The first-order valence-electron chi connectivity index (χ1n) is 8.32. The highest BCUT2D eigenvalue weighted by Gasteiger charge is 2.22. The lowest BCUT2D eigenvalue weighted by Crippen LogP contribution is -2.30. The third-order valence-corrected chi connectivity index (χ3v) is 5.54. The molecule has 3 N–H and O–H groups in total. The van der Waals surface area contributed by atoms with Crippen molar-refractivity contribution in [2.75, 3.05) is 5.32 Å². The summed E-state index contributed by atoms with van der Waals surface area (Å²) in [6.07, 6.45) is -1.12. The van der Waals surface area contributed by atoms with Gasteiger partial charge in [-0.05, 0) is 68.7 Å². The molecule has 2 aromatic carbocycles. The Hall–Kier alpha value is -2.42. The molecule has 7 nitrogen and oxygen atoms in total. The topological polar surface area (TPSA) is 116 Å². The lowest BCUT2D eigenvalue weighted by Gasteiger charge is -2.16. The SMILES string of the molecule is Cc1ccc(Cl)cc1NC(=O)C(C)OC(=O)c1cc(C)c(C)c(S(N)(=O)=O)c1. The van der Waals surface area contributed by atoms with Crippen molar-refractivity contribution in [3.05, 3.63) is 57.6 Å². The molecule has 0 heterocycles. The average Bonchev–Trinajstić information content (AvgIpc) is 2.59. The number of esters is 1. The van der Waals surface area contributed by atoms with Crippen molar-refractivity contribution in [3.8, 4) is 0 Å². The van der Waals surface area contributed by atoms with Crippen molar-refractivity contribution in [3.63, 3.8) is 0 Å². The number of benzene rings is 2. The number of ether oxygens (including phenoxy) is 1. The Morgan fingerprint density at radius 1 is 1.11 bits per heavy atom. The van der Waals surface area contributed by atoms with E-state index in [1.165, 1.54) is 13.0 Å². The molecule has 0 radical (unpaired) electrons. The molecule has 2 rings (SSSR count). The standard InChI is InChI=1S/C19H21ClN2O5S/c1-10-5-6-15(20)9-16(10)22-18(23)13(4)27-19(24)14-7-11(2)12(3)17(8-14)28(21,25)26/h5-9,13H,1-4H3,(H,22,23)(H2,21,25,26). The second-order valence-electron chi connectivity index (χ2n) is 6.46. The van der Waals surface area contributed by atoms with Crippen LogP contribution in [0.4, 0.5) is 5.69 Å². The van der Waals surface area contributed by atoms with Crippen molar-refractivity contribution < 1.29 is 22.7 Å². The van der Waals surface area contributed by atoms with Crippen LogP contribution in [0.5, 0.6) is 0 Å². The molecule has 1 unspecified atom stereocenters. The van der Waals surface area contributed by atoms with Gasteiger partial charge in [-0.3, -0.25) is 4.79 Å². The van der Waals surface area contributed by atoms with E-state index in [-0.39, 0.29) is 10.5 Å². The Kier molecular flexibility index (Phi) is 6.48. The Morgan fingerprint density at radius 2 is 1.75 bits per heavy atom. The van der Waals surface area contributed by atoms with Gasteiger partial charge in [-0.1, -0.05) is 17.7 Å². The summed E-state index contributed by atoms with van der Waals surface area (Å²) in [6, 6.07) is 7.66. The van der Waals surface area contributed by atoms with Crippen LogP contribution in [0.25, 0.3) is 0 Å². The van der Waals surface area contributed by atoms with Crippen LogP contribution in [0.1, 0.15) is 34.0 Å². The molecule has 2 aromatic rings. The molecule has 0 aliphatic carbocycles. The lowest BCUT2D eigenvalue weighted by molar-refractivity contribution is -0.123. The number of rotatable bonds is 5. The van der Waals surface area contributed by atoms with Gasteiger partial charge in [0.05, 0.1) is 10.5 Å². The second-order valence-corrected chi connectivity index (χ2v) is 8.42. The minimum absolute atomic E-state index is 0.00860. The smallest absolute Gasteiger partial charge is 0.338 e. The van der Waals surface area contributed by atoms with Crippen molar-refractivity contribution in [2.24, 2.45) is 5.14 Å². The Labute approximate surface area is 168 Å². The summed E-state index contributed by atoms with van der Waals surface area (Å²) in [5, 5.41) is 8.30. The van der Waals surface area contributed by atoms with Gasteiger partial charge in [-0.25, -0.2) is 18.4 Å². The Morgan fingerprint density at radius 3 is 2.36 bits per heavy atom. The van der Waals surface area contributed by atoms with Gasteiger partial charge in [0.1, 0.15) is 0 Å². The molecule has 0 bridgehead atoms. The van der Waals surface area contributed by atoms with Gasteiger partial charge >= 0.3 is 5.97 Å². The molecule has 9 heteroatoms. The number of carbonyl (C=O) groups is 2. The molecular weight excluding hydrogens is 404 g/mol. The van der Waals surface area contributed by atoms with Crippen LogP contribution in [0.2, 0.25) is 5.02 Å². The van der Waals surface area contributed by atoms with E-state index in [9.17, 15) is 18.0 Å². The predicted octanol–water partition coefficient (Wildman–Crippen LogP) is 3.10. The van der Waals surface area contributed by atoms with Gasteiger partial charge in [0.25, 0.3) is 5.91 Å². The van der Waals surface area contributed by atoms with Crippen molar-refractivity contribution in [1.82, 2.24) is 0 Å². The molecule has 0 aliphatic rings. The normalized spacial score (nSPS) is 12.4. The summed E-state index contributed by atoms with van der Waals surface area (Å²) in [7, 11) is -4.01. The molecule has 0 aromatic heterocycles. The number of primary sulfonamides is 1. The van der Waals surface area contributed by atoms with Crippen LogP contribution in [-0.4, -0.2) is 26.4 Å². The highest BCUT2D eigenvalue weighted by Crippen LogP contribution is 2.22. The maximum Gasteiger partial charge on any atom is 0.338 e. The predicted molar refractivity (Wildman–Crippen MR) is 107 cm³/mol. The quantitative estimate of drug-likeness (QED) is 0.715. The number of hydrogen-bond donors (Lipinski definition) is 2. The molecule has 0 aliphatic heterocycles. The van der Waals surface area contributed by atoms with E-state index >= 15 is 0 Å². The molecule has 0 saturated carbocycles. The monoisotopic (exact) mass is 424 g/mol. The van der Waals surface area contributed by atoms with E-state index in [0.717, 1.165) is 11.6 Å². The zero-order valence-corrected chi connectivity index (χ0v) is 17.4. The minimum atomic E-state index is -4.01. The number of carbonyl (C=O) groups excluding carboxylic acids is 2. The van der Waals surface area contributed by atoms with Crippen LogP contribution in [-0.2, 0) is 19.6 Å². The summed E-state index contributed by atoms with van der Waals surface area (Å²) >= 11 is 5.93. The van der Waals surface area contributed by atoms with E-state index in [1.807, 2.05) is 0 Å². The van der Waals surface area contributed by atoms with Crippen molar-refractivity contribution in [1.29, 1.82) is 0 Å². The van der Waals surface area contributed by atoms with E-state index in [2.05, 4.69) is 5.32 Å². The fourth-order valence-corrected chi connectivity index (χ4v) is 3.54. The highest BCUT2D eigenvalue weighted by atomic mass is 35.5. The van der Waals surface area contributed by atoms with Gasteiger partial charge < -0.3 is 10.1 Å². The van der Waals surface area contributed by atoms with Gasteiger partial charge in [0.15, 0.2) is 6.10 Å². The average molecular weight is 425 g/mol. The van der Waals surface area contributed by atoms with Crippen LogP contribution < -0.4 is 10.5 Å². The summed E-state index contributed by atoms with van der Waals surface area (Å²) in [6.45, 7) is 6.45. The maximum absolute atomic E-state index is 12.4. The number of amides is 1. The minimum Gasteiger partial charge on any atom is -0.449 e. The number of hydrogen-bond acceptors (Lipinski definition) is 5. The second kappa shape index (κ2) is 8.30. The number of nitrogens with one attached hydrogen (secondary N) is 1. The highest BCUT2D eigenvalue weighted by molar-refractivity contribution is 7.89. The first-order chi connectivity index (χ1) is 12.9. The van der Waals surface area contributed by atoms with E-state index in [1.54, 1.807) is 39.0 Å². The first kappa shape index (κ1) is 21.9. The van der Waals surface area contributed by atoms with E-state index < -0.39 is 28.0 Å². The van der Waals surface area contributed by atoms with Gasteiger partial charge in [-0.15, -0.1) is 0 Å². The van der Waals surface area contributed by atoms with Crippen LogP contribution in [0.15, 0.2) is 35.2 Å². The van der Waals surface area contributed by atoms with Crippen LogP contribution in [0, 0.1) is 20.8 Å². The summed E-state index contributed by atoms with van der Waals surface area (Å²) in [4.78, 5) is 24.6.